The lowest BCUT2D eigenvalue weighted by molar-refractivity contribution is 0.249. The highest BCUT2D eigenvalue weighted by molar-refractivity contribution is 9.10. The second-order valence-electron chi connectivity index (χ2n) is 5.02. The van der Waals surface area contributed by atoms with Gasteiger partial charge in [-0.25, -0.2) is 8.42 Å². The summed E-state index contributed by atoms with van der Waals surface area (Å²) in [5.74, 6) is 0. The zero-order valence-electron chi connectivity index (χ0n) is 11.6. The van der Waals surface area contributed by atoms with Crippen molar-refractivity contribution < 1.29 is 8.42 Å². The van der Waals surface area contributed by atoms with Crippen molar-refractivity contribution in [1.82, 2.24) is 9.62 Å². The van der Waals surface area contributed by atoms with E-state index in [9.17, 15) is 8.42 Å². The Morgan fingerprint density at radius 3 is 2.52 bits per heavy atom. The van der Waals surface area contributed by atoms with Crippen LogP contribution >= 0.6 is 39.1 Å². The van der Waals surface area contributed by atoms with E-state index in [1.54, 1.807) is 12.1 Å². The Balaban J connectivity index is 2.45. The molecule has 4 nitrogen and oxygen atoms in total. The summed E-state index contributed by atoms with van der Waals surface area (Å²) in [6, 6.07) is 3.04. The summed E-state index contributed by atoms with van der Waals surface area (Å²) in [7, 11) is -1.88. The zero-order valence-corrected chi connectivity index (χ0v) is 15.5. The van der Waals surface area contributed by atoms with Crippen molar-refractivity contribution in [3.8, 4) is 0 Å². The minimum Gasteiger partial charge on any atom is -0.318 e. The van der Waals surface area contributed by atoms with Gasteiger partial charge in [0.1, 0.15) is 4.90 Å². The Kier molecular flexibility index (Phi) is 5.96. The van der Waals surface area contributed by atoms with Gasteiger partial charge in [0.2, 0.25) is 10.0 Å². The third kappa shape index (κ3) is 3.74. The van der Waals surface area contributed by atoms with Crippen LogP contribution in [0.25, 0.3) is 0 Å². The summed E-state index contributed by atoms with van der Waals surface area (Å²) in [5.41, 5.74) is 0. The maximum Gasteiger partial charge on any atom is 0.246 e. The van der Waals surface area contributed by atoms with Crippen molar-refractivity contribution in [3.63, 3.8) is 0 Å². The molecule has 0 spiro atoms. The number of piperidine rings is 1. The van der Waals surface area contributed by atoms with Gasteiger partial charge < -0.3 is 5.32 Å². The molecule has 1 heterocycles. The van der Waals surface area contributed by atoms with Crippen molar-refractivity contribution in [2.24, 2.45) is 0 Å². The number of likely N-dealkylation sites (N-methyl/N-ethyl adjacent to an activating group) is 1. The first-order valence-electron chi connectivity index (χ1n) is 6.69. The lowest BCUT2D eigenvalue weighted by atomic mass is 10.1. The van der Waals surface area contributed by atoms with E-state index in [2.05, 4.69) is 21.2 Å². The van der Waals surface area contributed by atoms with Gasteiger partial charge >= 0.3 is 0 Å². The van der Waals surface area contributed by atoms with Crippen molar-refractivity contribution in [3.05, 3.63) is 26.7 Å². The highest BCUT2D eigenvalue weighted by atomic mass is 79.9. The van der Waals surface area contributed by atoms with Gasteiger partial charge in [0.15, 0.2) is 0 Å². The van der Waals surface area contributed by atoms with E-state index >= 15 is 0 Å². The molecule has 21 heavy (non-hydrogen) atoms. The molecule has 1 aliphatic rings. The molecule has 1 aliphatic heterocycles. The predicted octanol–water partition coefficient (Wildman–Crippen LogP) is 3.52. The van der Waals surface area contributed by atoms with Crippen molar-refractivity contribution in [2.45, 2.75) is 30.2 Å². The summed E-state index contributed by atoms with van der Waals surface area (Å²) in [6.07, 6.45) is 2.72. The van der Waals surface area contributed by atoms with Crippen LogP contribution in [0, 0.1) is 0 Å². The fraction of sp³-hybridized carbons (Fsp3) is 0.538. The second-order valence-corrected chi connectivity index (χ2v) is 8.58. The Morgan fingerprint density at radius 1 is 1.33 bits per heavy atom. The normalized spacial score (nSPS) is 20.7. The second kappa shape index (κ2) is 7.15. The molecule has 0 saturated carbocycles. The Morgan fingerprint density at radius 2 is 1.95 bits per heavy atom. The van der Waals surface area contributed by atoms with Gasteiger partial charge in [-0.05, 0) is 32.0 Å². The van der Waals surface area contributed by atoms with Crippen LogP contribution in [0.1, 0.15) is 19.3 Å². The Hall–Kier alpha value is 0.150. The molecule has 0 aliphatic carbocycles. The molecule has 1 aromatic rings. The molecule has 2 rings (SSSR count). The van der Waals surface area contributed by atoms with Gasteiger partial charge in [0.05, 0.1) is 10.0 Å². The average molecular weight is 416 g/mol. The van der Waals surface area contributed by atoms with Crippen LogP contribution in [0.3, 0.4) is 0 Å². The minimum absolute atomic E-state index is 0.00274. The third-order valence-corrected chi connectivity index (χ3v) is 6.87. The first-order chi connectivity index (χ1) is 9.87. The quantitative estimate of drug-likeness (QED) is 0.818. The molecular formula is C13H17BrCl2N2O2S. The molecule has 0 aromatic heterocycles. The fourth-order valence-electron chi connectivity index (χ4n) is 2.62. The number of hydrogen-bond donors (Lipinski definition) is 1. The van der Waals surface area contributed by atoms with Gasteiger partial charge in [0, 0.05) is 23.6 Å². The first-order valence-corrected chi connectivity index (χ1v) is 9.68. The van der Waals surface area contributed by atoms with Crippen LogP contribution < -0.4 is 5.32 Å². The molecule has 0 radical (unpaired) electrons. The Bertz CT molecular complexity index is 600. The number of nitrogens with one attached hydrogen (secondary N) is 1. The number of rotatable bonds is 4. The minimum atomic E-state index is -3.70. The van der Waals surface area contributed by atoms with Crippen LogP contribution in [0.5, 0.6) is 0 Å². The van der Waals surface area contributed by atoms with E-state index in [4.69, 9.17) is 23.2 Å². The highest BCUT2D eigenvalue weighted by Crippen LogP contribution is 2.36. The number of halogens is 3. The van der Waals surface area contributed by atoms with Gasteiger partial charge in [-0.1, -0.05) is 45.6 Å². The van der Waals surface area contributed by atoms with Crippen LogP contribution in [0.4, 0.5) is 0 Å². The first kappa shape index (κ1) is 17.5. The van der Waals surface area contributed by atoms with Crippen LogP contribution in [0.15, 0.2) is 21.5 Å². The van der Waals surface area contributed by atoms with Crippen molar-refractivity contribution >= 4 is 49.2 Å². The zero-order chi connectivity index (χ0) is 15.6. The molecule has 118 valence electrons. The van der Waals surface area contributed by atoms with E-state index < -0.39 is 10.0 Å². The third-order valence-electron chi connectivity index (χ3n) is 3.54. The molecule has 1 atom stereocenters. The number of benzene rings is 1. The van der Waals surface area contributed by atoms with Crippen LogP contribution in [-0.2, 0) is 10.0 Å². The summed E-state index contributed by atoms with van der Waals surface area (Å²) in [4.78, 5) is -0.00274. The molecule has 1 fully saturated rings. The van der Waals surface area contributed by atoms with Gasteiger partial charge in [-0.2, -0.15) is 4.31 Å². The molecule has 1 saturated heterocycles. The van der Waals surface area contributed by atoms with Crippen molar-refractivity contribution in [1.29, 1.82) is 0 Å². The maximum atomic E-state index is 12.9. The Labute approximate surface area is 144 Å². The predicted molar refractivity (Wildman–Crippen MR) is 89.6 cm³/mol. The molecule has 1 aromatic carbocycles. The average Bonchev–Trinajstić information content (AvgIpc) is 2.37. The smallest absolute Gasteiger partial charge is 0.246 e. The molecule has 1 N–H and O–H groups in total. The van der Waals surface area contributed by atoms with E-state index in [-0.39, 0.29) is 21.0 Å². The van der Waals surface area contributed by atoms with E-state index in [0.717, 1.165) is 19.3 Å². The monoisotopic (exact) mass is 414 g/mol. The van der Waals surface area contributed by atoms with Crippen LogP contribution in [0.2, 0.25) is 10.0 Å². The number of sulfonamides is 1. The van der Waals surface area contributed by atoms with Crippen molar-refractivity contribution in [2.75, 3.05) is 20.1 Å². The SMILES string of the molecule is CNCC1CCCCN1S(=O)(=O)c1c(Cl)cc(Br)cc1Cl. The summed E-state index contributed by atoms with van der Waals surface area (Å²) in [5, 5.41) is 3.33. The summed E-state index contributed by atoms with van der Waals surface area (Å²) < 4.78 is 28.1. The topological polar surface area (TPSA) is 49.4 Å². The van der Waals surface area contributed by atoms with Gasteiger partial charge in [-0.15, -0.1) is 0 Å². The standard InChI is InChI=1S/C13H17BrCl2N2O2S/c1-17-8-10-4-2-3-5-18(10)21(19,20)13-11(15)6-9(14)7-12(13)16/h6-7,10,17H,2-5,8H2,1H3. The number of hydrogen-bond acceptors (Lipinski definition) is 3. The molecule has 8 heteroatoms. The van der Waals surface area contributed by atoms with E-state index in [1.165, 1.54) is 4.31 Å². The lowest BCUT2D eigenvalue weighted by Crippen LogP contribution is -2.48. The lowest BCUT2D eigenvalue weighted by Gasteiger charge is -2.35. The summed E-state index contributed by atoms with van der Waals surface area (Å²) >= 11 is 15.5. The molecular weight excluding hydrogens is 399 g/mol. The molecule has 0 amide bonds. The van der Waals surface area contributed by atoms with Gasteiger partial charge in [-0.3, -0.25) is 0 Å². The van der Waals surface area contributed by atoms with Crippen LogP contribution in [-0.4, -0.2) is 38.9 Å². The molecule has 0 bridgehead atoms. The largest absolute Gasteiger partial charge is 0.318 e. The molecule has 1 unspecified atom stereocenters. The summed E-state index contributed by atoms with van der Waals surface area (Å²) in [6.45, 7) is 1.11. The fourth-order valence-corrected chi connectivity index (χ4v) is 6.20. The number of nitrogens with zero attached hydrogens (tertiary/aromatic N) is 1. The van der Waals surface area contributed by atoms with E-state index in [1.807, 2.05) is 7.05 Å². The highest BCUT2D eigenvalue weighted by Gasteiger charge is 2.35. The van der Waals surface area contributed by atoms with E-state index in [0.29, 0.717) is 17.6 Å². The maximum absolute atomic E-state index is 12.9. The van der Waals surface area contributed by atoms with Gasteiger partial charge in [0.25, 0.3) is 0 Å².